The van der Waals surface area contributed by atoms with Crippen LogP contribution in [0.5, 0.6) is 0 Å². The number of carbonyl (C=O) groups excluding carboxylic acids is 1. The Morgan fingerprint density at radius 2 is 1.96 bits per heavy atom. The van der Waals surface area contributed by atoms with Gasteiger partial charge in [0.1, 0.15) is 5.60 Å². The van der Waals surface area contributed by atoms with E-state index in [1.807, 2.05) is 32.9 Å². The van der Waals surface area contributed by atoms with E-state index in [9.17, 15) is 4.79 Å². The van der Waals surface area contributed by atoms with Crippen molar-refractivity contribution < 1.29 is 9.53 Å². The summed E-state index contributed by atoms with van der Waals surface area (Å²) in [6.45, 7) is 9.68. The van der Waals surface area contributed by atoms with Crippen LogP contribution in [0.15, 0.2) is 29.3 Å². The summed E-state index contributed by atoms with van der Waals surface area (Å²) in [5, 5.41) is 6.64. The standard InChI is InChI=1S/C18H28N4O2.HI/c1-13-8-6-7-9-14(13)10-20-16(19-5)21-15-11-22(12-15)17(23)24-18(2,3)4;/h6-9,15H,10-12H2,1-5H3,(H2,19,20,21);1H. The van der Waals surface area contributed by atoms with E-state index in [0.717, 1.165) is 12.5 Å². The topological polar surface area (TPSA) is 66.0 Å². The van der Waals surface area contributed by atoms with Gasteiger partial charge in [-0.3, -0.25) is 4.99 Å². The molecule has 2 rings (SSSR count). The van der Waals surface area contributed by atoms with Crippen LogP contribution in [0.1, 0.15) is 31.9 Å². The van der Waals surface area contributed by atoms with Crippen LogP contribution in [0.2, 0.25) is 0 Å². The van der Waals surface area contributed by atoms with Gasteiger partial charge in [0.25, 0.3) is 0 Å². The number of hydrogen-bond acceptors (Lipinski definition) is 3. The monoisotopic (exact) mass is 460 g/mol. The molecular formula is C18H29IN4O2. The smallest absolute Gasteiger partial charge is 0.410 e. The summed E-state index contributed by atoms with van der Waals surface area (Å²) < 4.78 is 5.35. The molecule has 1 aromatic carbocycles. The number of carbonyl (C=O) groups is 1. The Labute approximate surface area is 167 Å². The van der Waals surface area contributed by atoms with Gasteiger partial charge in [-0.1, -0.05) is 24.3 Å². The van der Waals surface area contributed by atoms with Crippen molar-refractivity contribution in [1.29, 1.82) is 0 Å². The van der Waals surface area contributed by atoms with Crippen molar-refractivity contribution in [2.75, 3.05) is 20.1 Å². The molecule has 1 fully saturated rings. The molecule has 1 heterocycles. The Morgan fingerprint density at radius 3 is 2.52 bits per heavy atom. The van der Waals surface area contributed by atoms with Crippen molar-refractivity contribution in [3.05, 3.63) is 35.4 Å². The van der Waals surface area contributed by atoms with E-state index in [2.05, 4.69) is 34.7 Å². The lowest BCUT2D eigenvalue weighted by atomic mass is 10.1. The fourth-order valence-corrected chi connectivity index (χ4v) is 2.42. The summed E-state index contributed by atoms with van der Waals surface area (Å²) in [7, 11) is 1.75. The van der Waals surface area contributed by atoms with Crippen molar-refractivity contribution in [2.24, 2.45) is 4.99 Å². The van der Waals surface area contributed by atoms with E-state index in [-0.39, 0.29) is 36.1 Å². The molecular weight excluding hydrogens is 431 g/mol. The van der Waals surface area contributed by atoms with Gasteiger partial charge in [-0.15, -0.1) is 24.0 Å². The Morgan fingerprint density at radius 1 is 1.32 bits per heavy atom. The number of likely N-dealkylation sites (tertiary alicyclic amines) is 1. The minimum absolute atomic E-state index is 0. The summed E-state index contributed by atoms with van der Waals surface area (Å²) >= 11 is 0. The van der Waals surface area contributed by atoms with Crippen LogP contribution >= 0.6 is 24.0 Å². The van der Waals surface area contributed by atoms with Gasteiger partial charge in [0.15, 0.2) is 5.96 Å². The van der Waals surface area contributed by atoms with Gasteiger partial charge >= 0.3 is 6.09 Å². The van der Waals surface area contributed by atoms with E-state index in [1.165, 1.54) is 11.1 Å². The molecule has 0 radical (unpaired) electrons. The summed E-state index contributed by atoms with van der Waals surface area (Å²) in [5.74, 6) is 0.743. The largest absolute Gasteiger partial charge is 0.444 e. The van der Waals surface area contributed by atoms with Crippen molar-refractivity contribution in [1.82, 2.24) is 15.5 Å². The summed E-state index contributed by atoms with van der Waals surface area (Å²) in [5.41, 5.74) is 2.03. The zero-order valence-electron chi connectivity index (χ0n) is 15.6. The number of aryl methyl sites for hydroxylation is 1. The lowest BCUT2D eigenvalue weighted by Crippen LogP contribution is -2.63. The second-order valence-electron chi connectivity index (χ2n) is 7.08. The zero-order chi connectivity index (χ0) is 17.7. The Kier molecular flexibility index (Phi) is 7.98. The average molecular weight is 460 g/mol. The molecule has 1 aliphatic rings. The molecule has 1 aliphatic heterocycles. The third kappa shape index (κ3) is 6.72. The van der Waals surface area contributed by atoms with Crippen LogP contribution in [0, 0.1) is 6.92 Å². The van der Waals surface area contributed by atoms with Gasteiger partial charge in [0.05, 0.1) is 6.04 Å². The van der Waals surface area contributed by atoms with Gasteiger partial charge in [-0.25, -0.2) is 4.79 Å². The van der Waals surface area contributed by atoms with Gasteiger partial charge < -0.3 is 20.3 Å². The molecule has 0 saturated carbocycles. The first kappa shape index (κ1) is 21.5. The summed E-state index contributed by atoms with van der Waals surface area (Å²) in [6.07, 6.45) is -0.261. The van der Waals surface area contributed by atoms with E-state index in [0.29, 0.717) is 13.1 Å². The third-order valence-electron chi connectivity index (χ3n) is 3.81. The lowest BCUT2D eigenvalue weighted by Gasteiger charge is -2.40. The van der Waals surface area contributed by atoms with Crippen molar-refractivity contribution in [3.8, 4) is 0 Å². The highest BCUT2D eigenvalue weighted by Gasteiger charge is 2.34. The molecule has 0 spiro atoms. The van der Waals surface area contributed by atoms with Gasteiger partial charge in [0.2, 0.25) is 0 Å². The number of guanidine groups is 1. The molecule has 1 saturated heterocycles. The van der Waals surface area contributed by atoms with Crippen LogP contribution in [0.4, 0.5) is 4.79 Å². The molecule has 1 amide bonds. The van der Waals surface area contributed by atoms with Crippen LogP contribution in [-0.4, -0.2) is 48.7 Å². The molecule has 6 nitrogen and oxygen atoms in total. The normalized spacial score (nSPS) is 15.1. The highest BCUT2D eigenvalue weighted by Crippen LogP contribution is 2.15. The maximum Gasteiger partial charge on any atom is 0.410 e. The number of benzene rings is 1. The molecule has 25 heavy (non-hydrogen) atoms. The van der Waals surface area contributed by atoms with Crippen LogP contribution < -0.4 is 10.6 Å². The first-order valence-corrected chi connectivity index (χ1v) is 8.28. The number of amides is 1. The average Bonchev–Trinajstić information content (AvgIpc) is 2.45. The molecule has 140 valence electrons. The highest BCUT2D eigenvalue weighted by molar-refractivity contribution is 14.0. The predicted molar refractivity (Wildman–Crippen MR) is 112 cm³/mol. The minimum Gasteiger partial charge on any atom is -0.444 e. The molecule has 7 heteroatoms. The van der Waals surface area contributed by atoms with Crippen molar-refractivity contribution in [3.63, 3.8) is 0 Å². The zero-order valence-corrected chi connectivity index (χ0v) is 18.0. The highest BCUT2D eigenvalue weighted by atomic mass is 127. The Balaban J connectivity index is 0.00000312. The van der Waals surface area contributed by atoms with Crippen LogP contribution in [-0.2, 0) is 11.3 Å². The van der Waals surface area contributed by atoms with Gasteiger partial charge in [-0.05, 0) is 38.8 Å². The predicted octanol–water partition coefficient (Wildman–Crippen LogP) is 2.90. The number of nitrogens with one attached hydrogen (secondary N) is 2. The second-order valence-corrected chi connectivity index (χ2v) is 7.08. The molecule has 2 N–H and O–H groups in total. The lowest BCUT2D eigenvalue weighted by molar-refractivity contribution is 0.00701. The van der Waals surface area contributed by atoms with E-state index < -0.39 is 5.60 Å². The number of ether oxygens (including phenoxy) is 1. The first-order valence-electron chi connectivity index (χ1n) is 8.28. The minimum atomic E-state index is -0.458. The Bertz CT molecular complexity index is 607. The first-order chi connectivity index (χ1) is 11.3. The van der Waals surface area contributed by atoms with Crippen molar-refractivity contribution >= 4 is 36.0 Å². The molecule has 0 bridgehead atoms. The number of halogens is 1. The second kappa shape index (κ2) is 9.26. The summed E-state index contributed by atoms with van der Waals surface area (Å²) in [4.78, 5) is 17.9. The molecule has 0 unspecified atom stereocenters. The molecule has 0 atom stereocenters. The Hall–Kier alpha value is -1.51. The molecule has 0 aliphatic carbocycles. The molecule has 1 aromatic rings. The fraction of sp³-hybridized carbons (Fsp3) is 0.556. The van der Waals surface area contributed by atoms with Crippen LogP contribution in [0.25, 0.3) is 0 Å². The van der Waals surface area contributed by atoms with Crippen LogP contribution in [0.3, 0.4) is 0 Å². The number of nitrogens with zero attached hydrogens (tertiary/aromatic N) is 2. The third-order valence-corrected chi connectivity index (χ3v) is 3.81. The number of hydrogen-bond donors (Lipinski definition) is 2. The van der Waals surface area contributed by atoms with E-state index >= 15 is 0 Å². The molecule has 0 aromatic heterocycles. The number of aliphatic imine (C=N–C) groups is 1. The number of rotatable bonds is 3. The van der Waals surface area contributed by atoms with Gasteiger partial charge in [-0.2, -0.15) is 0 Å². The summed E-state index contributed by atoms with van der Waals surface area (Å²) in [6, 6.07) is 8.46. The quantitative estimate of drug-likeness (QED) is 0.414. The maximum atomic E-state index is 11.9. The fourth-order valence-electron chi connectivity index (χ4n) is 2.42. The van der Waals surface area contributed by atoms with E-state index in [1.54, 1.807) is 11.9 Å². The van der Waals surface area contributed by atoms with E-state index in [4.69, 9.17) is 4.74 Å². The maximum absolute atomic E-state index is 11.9. The van der Waals surface area contributed by atoms with Crippen molar-refractivity contribution in [2.45, 2.75) is 45.9 Å². The van der Waals surface area contributed by atoms with Gasteiger partial charge in [0, 0.05) is 26.7 Å². The SMILES string of the molecule is CN=C(NCc1ccccc1C)NC1CN(C(=O)OC(C)(C)C)C1.I.